The summed E-state index contributed by atoms with van der Waals surface area (Å²) < 4.78 is 0. The summed E-state index contributed by atoms with van der Waals surface area (Å²) in [5.41, 5.74) is 0. The van der Waals surface area contributed by atoms with Gasteiger partial charge in [-0.05, 0) is 12.8 Å². The lowest BCUT2D eigenvalue weighted by atomic mass is 10.3. The van der Waals surface area contributed by atoms with Crippen molar-refractivity contribution in [2.45, 2.75) is 19.3 Å². The third-order valence-electron chi connectivity index (χ3n) is 2.62. The molecule has 98 valence electrons. The van der Waals surface area contributed by atoms with E-state index in [9.17, 15) is 14.4 Å². The fourth-order valence-electron chi connectivity index (χ4n) is 1.69. The van der Waals surface area contributed by atoms with Crippen molar-refractivity contribution in [3.8, 4) is 6.07 Å². The first-order valence-corrected chi connectivity index (χ1v) is 5.86. The van der Waals surface area contributed by atoms with E-state index in [1.807, 2.05) is 0 Å². The van der Waals surface area contributed by atoms with Crippen LogP contribution in [0.1, 0.15) is 19.3 Å². The van der Waals surface area contributed by atoms with Crippen LogP contribution >= 0.6 is 0 Å². The summed E-state index contributed by atoms with van der Waals surface area (Å²) in [5, 5.41) is 12.7. The fourth-order valence-corrected chi connectivity index (χ4v) is 1.69. The molecular formula is C11H16N4O3. The van der Waals surface area contributed by atoms with Gasteiger partial charge in [0.1, 0.15) is 6.54 Å². The van der Waals surface area contributed by atoms with E-state index >= 15 is 0 Å². The molecule has 0 radical (unpaired) electrons. The molecular weight excluding hydrogens is 236 g/mol. The molecule has 0 spiro atoms. The highest BCUT2D eigenvalue weighted by molar-refractivity contribution is 6.35. The van der Waals surface area contributed by atoms with E-state index in [-0.39, 0.29) is 25.4 Å². The number of carbonyl (C=O) groups is 3. The quantitative estimate of drug-likeness (QED) is 0.482. The Morgan fingerprint density at radius 1 is 1.11 bits per heavy atom. The first kappa shape index (κ1) is 14.0. The highest BCUT2D eigenvalue weighted by atomic mass is 16.2. The molecule has 0 unspecified atom stereocenters. The van der Waals surface area contributed by atoms with E-state index in [4.69, 9.17) is 5.26 Å². The fraction of sp³-hybridized carbons (Fsp3) is 0.636. The molecule has 0 aromatic heterocycles. The Balaban J connectivity index is 2.16. The van der Waals surface area contributed by atoms with Gasteiger partial charge in [0.15, 0.2) is 0 Å². The third kappa shape index (κ3) is 4.41. The summed E-state index contributed by atoms with van der Waals surface area (Å²) in [5.74, 6) is -1.69. The van der Waals surface area contributed by atoms with Crippen molar-refractivity contribution in [3.63, 3.8) is 0 Å². The molecule has 0 atom stereocenters. The molecule has 0 aromatic carbocycles. The molecule has 1 aliphatic heterocycles. The summed E-state index contributed by atoms with van der Waals surface area (Å²) in [6.07, 6.45) is 2.24. The number of hydrogen-bond acceptors (Lipinski definition) is 4. The Kier molecular flexibility index (Phi) is 5.64. The Labute approximate surface area is 105 Å². The van der Waals surface area contributed by atoms with Gasteiger partial charge in [0, 0.05) is 26.1 Å². The van der Waals surface area contributed by atoms with Crippen molar-refractivity contribution in [1.82, 2.24) is 15.5 Å². The Morgan fingerprint density at radius 3 is 2.33 bits per heavy atom. The number of nitrogens with one attached hydrogen (secondary N) is 2. The molecule has 7 heteroatoms. The zero-order chi connectivity index (χ0) is 13.4. The lowest BCUT2D eigenvalue weighted by molar-refractivity contribution is -0.139. The standard InChI is InChI=1S/C11H16N4O3/c12-4-6-14-11(18)10(17)13-5-3-9(16)15-7-1-2-8-15/h1-3,5-8H2,(H,13,17)(H,14,18). The normalized spacial score (nSPS) is 13.8. The smallest absolute Gasteiger partial charge is 0.310 e. The van der Waals surface area contributed by atoms with E-state index < -0.39 is 11.8 Å². The third-order valence-corrected chi connectivity index (χ3v) is 2.62. The van der Waals surface area contributed by atoms with Crippen molar-refractivity contribution >= 4 is 17.7 Å². The number of likely N-dealkylation sites (tertiary alicyclic amines) is 1. The lowest BCUT2D eigenvalue weighted by Crippen LogP contribution is -2.41. The molecule has 18 heavy (non-hydrogen) atoms. The maximum Gasteiger partial charge on any atom is 0.310 e. The average molecular weight is 252 g/mol. The van der Waals surface area contributed by atoms with Crippen LogP contribution in [0.3, 0.4) is 0 Å². The molecule has 0 bridgehead atoms. The number of nitrogens with zero attached hydrogens (tertiary/aromatic N) is 2. The molecule has 0 aromatic rings. The zero-order valence-corrected chi connectivity index (χ0v) is 10.1. The first-order valence-electron chi connectivity index (χ1n) is 5.86. The van der Waals surface area contributed by atoms with Crippen LogP contribution in [0, 0.1) is 11.3 Å². The van der Waals surface area contributed by atoms with Gasteiger partial charge < -0.3 is 15.5 Å². The van der Waals surface area contributed by atoms with E-state index in [0.29, 0.717) is 0 Å². The second-order valence-electron chi connectivity index (χ2n) is 3.93. The second kappa shape index (κ2) is 7.27. The van der Waals surface area contributed by atoms with Crippen LogP contribution in [0.5, 0.6) is 0 Å². The Bertz CT molecular complexity index is 369. The van der Waals surface area contributed by atoms with Gasteiger partial charge in [-0.25, -0.2) is 0 Å². The Hall–Kier alpha value is -2.10. The van der Waals surface area contributed by atoms with E-state index in [1.165, 1.54) is 0 Å². The van der Waals surface area contributed by atoms with Gasteiger partial charge in [0.25, 0.3) is 0 Å². The van der Waals surface area contributed by atoms with Gasteiger partial charge in [-0.15, -0.1) is 0 Å². The average Bonchev–Trinajstić information content (AvgIpc) is 2.89. The molecule has 1 heterocycles. The molecule has 0 aliphatic carbocycles. The van der Waals surface area contributed by atoms with Crippen molar-refractivity contribution in [2.24, 2.45) is 0 Å². The first-order chi connectivity index (χ1) is 8.65. The molecule has 1 aliphatic rings. The topological polar surface area (TPSA) is 102 Å². The summed E-state index contributed by atoms with van der Waals surface area (Å²) in [6.45, 7) is 1.47. The van der Waals surface area contributed by atoms with Crippen LogP contribution in [0.25, 0.3) is 0 Å². The van der Waals surface area contributed by atoms with Gasteiger partial charge in [-0.3, -0.25) is 14.4 Å². The minimum absolute atomic E-state index is 0.00904. The maximum atomic E-state index is 11.6. The van der Waals surface area contributed by atoms with Crippen LogP contribution in [0.15, 0.2) is 0 Å². The monoisotopic (exact) mass is 252 g/mol. The number of carbonyl (C=O) groups excluding carboxylic acids is 3. The number of amides is 3. The van der Waals surface area contributed by atoms with Crippen molar-refractivity contribution in [3.05, 3.63) is 0 Å². The molecule has 2 N–H and O–H groups in total. The van der Waals surface area contributed by atoms with E-state index in [0.717, 1.165) is 25.9 Å². The van der Waals surface area contributed by atoms with E-state index in [1.54, 1.807) is 11.0 Å². The van der Waals surface area contributed by atoms with Gasteiger partial charge in [-0.1, -0.05) is 0 Å². The summed E-state index contributed by atoms with van der Waals surface area (Å²) >= 11 is 0. The molecule has 1 rings (SSSR count). The van der Waals surface area contributed by atoms with Crippen molar-refractivity contribution in [2.75, 3.05) is 26.2 Å². The van der Waals surface area contributed by atoms with Crippen LogP contribution in [0.4, 0.5) is 0 Å². The second-order valence-corrected chi connectivity index (χ2v) is 3.93. The SMILES string of the molecule is N#CCNC(=O)C(=O)NCCC(=O)N1CCCC1. The van der Waals surface area contributed by atoms with Gasteiger partial charge in [-0.2, -0.15) is 5.26 Å². The highest BCUT2D eigenvalue weighted by Gasteiger charge is 2.18. The summed E-state index contributed by atoms with van der Waals surface area (Å²) in [4.78, 5) is 35.6. The summed E-state index contributed by atoms with van der Waals surface area (Å²) in [7, 11) is 0. The minimum atomic E-state index is -0.856. The molecule has 1 saturated heterocycles. The number of hydrogen-bond donors (Lipinski definition) is 2. The molecule has 0 saturated carbocycles. The van der Waals surface area contributed by atoms with Gasteiger partial charge in [0.2, 0.25) is 5.91 Å². The summed E-state index contributed by atoms with van der Waals surface area (Å²) in [6, 6.07) is 1.69. The van der Waals surface area contributed by atoms with E-state index in [2.05, 4.69) is 10.6 Å². The van der Waals surface area contributed by atoms with Crippen LogP contribution in [-0.4, -0.2) is 48.8 Å². The number of nitriles is 1. The zero-order valence-electron chi connectivity index (χ0n) is 10.1. The highest BCUT2D eigenvalue weighted by Crippen LogP contribution is 2.08. The molecule has 7 nitrogen and oxygen atoms in total. The van der Waals surface area contributed by atoms with Crippen molar-refractivity contribution in [1.29, 1.82) is 5.26 Å². The van der Waals surface area contributed by atoms with Crippen LogP contribution < -0.4 is 10.6 Å². The molecule has 1 fully saturated rings. The Morgan fingerprint density at radius 2 is 1.72 bits per heavy atom. The van der Waals surface area contributed by atoms with Crippen LogP contribution in [-0.2, 0) is 14.4 Å². The maximum absolute atomic E-state index is 11.6. The minimum Gasteiger partial charge on any atom is -0.347 e. The lowest BCUT2D eigenvalue weighted by Gasteiger charge is -2.14. The predicted molar refractivity (Wildman–Crippen MR) is 62.1 cm³/mol. The predicted octanol–water partition coefficient (Wildman–Crippen LogP) is -1.25. The number of rotatable bonds is 4. The van der Waals surface area contributed by atoms with Gasteiger partial charge >= 0.3 is 11.8 Å². The van der Waals surface area contributed by atoms with Crippen molar-refractivity contribution < 1.29 is 14.4 Å². The largest absolute Gasteiger partial charge is 0.347 e. The van der Waals surface area contributed by atoms with Gasteiger partial charge in [0.05, 0.1) is 6.07 Å². The molecule has 3 amide bonds. The van der Waals surface area contributed by atoms with Crippen LogP contribution in [0.2, 0.25) is 0 Å².